The Labute approximate surface area is 223 Å². The Morgan fingerprint density at radius 3 is 2.76 bits per heavy atom. The maximum absolute atomic E-state index is 13.9. The van der Waals surface area contributed by atoms with Gasteiger partial charge in [-0.25, -0.2) is 9.97 Å². The Morgan fingerprint density at radius 1 is 1.21 bits per heavy atom. The van der Waals surface area contributed by atoms with E-state index >= 15 is 0 Å². The summed E-state index contributed by atoms with van der Waals surface area (Å²) in [5, 5.41) is 7.39. The number of aryl methyl sites for hydroxylation is 2. The first-order chi connectivity index (χ1) is 18.3. The zero-order valence-electron chi connectivity index (χ0n) is 21.4. The lowest BCUT2D eigenvalue weighted by atomic mass is 9.86. The molecule has 0 unspecified atom stereocenters. The monoisotopic (exact) mass is 533 g/mol. The Hall–Kier alpha value is -3.31. The van der Waals surface area contributed by atoms with Crippen molar-refractivity contribution in [2.24, 2.45) is 11.7 Å². The summed E-state index contributed by atoms with van der Waals surface area (Å²) in [5.41, 5.74) is 7.82. The Balaban J connectivity index is 1.24. The van der Waals surface area contributed by atoms with Crippen LogP contribution in [0.3, 0.4) is 0 Å². The number of carbonyl (C=O) groups excluding carboxylic acids is 2. The fourth-order valence-electron chi connectivity index (χ4n) is 6.83. The van der Waals surface area contributed by atoms with Gasteiger partial charge in [-0.2, -0.15) is 0 Å². The van der Waals surface area contributed by atoms with E-state index in [0.717, 1.165) is 71.2 Å². The van der Waals surface area contributed by atoms with Crippen molar-refractivity contribution in [2.75, 3.05) is 18.4 Å². The molecule has 10 nitrogen and oxygen atoms in total. The van der Waals surface area contributed by atoms with Crippen LogP contribution < -0.4 is 21.9 Å². The normalized spacial score (nSPS) is 22.2. The van der Waals surface area contributed by atoms with E-state index < -0.39 is 5.66 Å². The molecular formula is C27H31N7O3S. The number of amides is 2. The molecule has 2 amide bonds. The third kappa shape index (κ3) is 3.51. The summed E-state index contributed by atoms with van der Waals surface area (Å²) in [6.45, 7) is 3.17. The number of nitrogens with zero attached hydrogens (tertiary/aromatic N) is 4. The number of nitrogens with one attached hydrogen (secondary N) is 2. The van der Waals surface area contributed by atoms with E-state index in [4.69, 9.17) is 5.73 Å². The molecule has 1 saturated carbocycles. The molecule has 11 heteroatoms. The van der Waals surface area contributed by atoms with E-state index in [1.54, 1.807) is 22.0 Å². The molecule has 3 aromatic heterocycles. The summed E-state index contributed by atoms with van der Waals surface area (Å²) >= 11 is 1.60. The number of carbonyl (C=O) groups is 2. The predicted octanol–water partition coefficient (Wildman–Crippen LogP) is 2.54. The summed E-state index contributed by atoms with van der Waals surface area (Å²) in [5.74, 6) is 0.584. The third-order valence-electron chi connectivity index (χ3n) is 8.73. The fourth-order valence-corrected chi connectivity index (χ4v) is 8.10. The van der Waals surface area contributed by atoms with Crippen molar-refractivity contribution in [1.29, 1.82) is 0 Å². The Bertz CT molecular complexity index is 1550. The van der Waals surface area contributed by atoms with Crippen LogP contribution in [-0.2, 0) is 23.3 Å². The SMILES string of the molecule is Cc1cc(Nc2ncnc3sc4c(c23)CC[C@H](C(=O)N2CC(N)C2)C4)c(=O)n2c1C(=O)NC21CCCCC1. The van der Waals surface area contributed by atoms with Gasteiger partial charge in [-0.3, -0.25) is 19.0 Å². The van der Waals surface area contributed by atoms with E-state index in [0.29, 0.717) is 36.7 Å². The predicted molar refractivity (Wildman–Crippen MR) is 145 cm³/mol. The number of pyridine rings is 1. The highest BCUT2D eigenvalue weighted by Gasteiger charge is 2.45. The first-order valence-corrected chi connectivity index (χ1v) is 14.3. The third-order valence-corrected chi connectivity index (χ3v) is 9.89. The number of nitrogens with two attached hydrogens (primary N) is 1. The second kappa shape index (κ2) is 8.60. The molecule has 4 aliphatic rings. The van der Waals surface area contributed by atoms with Crippen LogP contribution in [0.1, 0.15) is 65.0 Å². The van der Waals surface area contributed by atoms with Gasteiger partial charge in [-0.05, 0) is 69.1 Å². The first kappa shape index (κ1) is 23.8. The number of likely N-dealkylation sites (tertiary alicyclic amines) is 1. The van der Waals surface area contributed by atoms with E-state index in [9.17, 15) is 14.4 Å². The van der Waals surface area contributed by atoms with Gasteiger partial charge >= 0.3 is 0 Å². The lowest BCUT2D eigenvalue weighted by Crippen LogP contribution is -2.59. The maximum atomic E-state index is 13.9. The molecule has 0 bridgehead atoms. The fraction of sp³-hybridized carbons (Fsp3) is 0.519. The number of hydrogen-bond donors (Lipinski definition) is 3. The molecule has 2 aliphatic heterocycles. The Morgan fingerprint density at radius 2 is 2.00 bits per heavy atom. The van der Waals surface area contributed by atoms with Crippen LogP contribution in [0.5, 0.6) is 0 Å². The van der Waals surface area contributed by atoms with Gasteiger partial charge in [0.25, 0.3) is 11.5 Å². The van der Waals surface area contributed by atoms with E-state index in [2.05, 4.69) is 20.6 Å². The number of hydrogen-bond acceptors (Lipinski definition) is 8. The van der Waals surface area contributed by atoms with Crippen LogP contribution in [0.4, 0.5) is 11.5 Å². The van der Waals surface area contributed by atoms with E-state index in [1.807, 2.05) is 11.8 Å². The standard InChI is InChI=1S/C27H31N7O3S/c1-14-9-18(26(37)34-21(14)23(35)32-27(34)7-3-2-4-8-27)31-22-20-17-6-5-15(25(36)33-11-16(28)12-33)10-19(17)38-24(20)30-13-29-22/h9,13,15-16H,2-8,10-12,28H2,1H3,(H,32,35)(H,29,30,31)/t15-/m0/s1. The highest BCUT2D eigenvalue weighted by molar-refractivity contribution is 7.19. The molecule has 3 aromatic rings. The maximum Gasteiger partial charge on any atom is 0.276 e. The van der Waals surface area contributed by atoms with Crippen molar-refractivity contribution in [3.05, 3.63) is 44.4 Å². The second-order valence-corrected chi connectivity index (χ2v) is 12.3. The molecule has 5 heterocycles. The lowest BCUT2D eigenvalue weighted by molar-refractivity contribution is -0.140. The van der Waals surface area contributed by atoms with Gasteiger partial charge in [0.15, 0.2) is 0 Å². The molecule has 2 fully saturated rings. The first-order valence-electron chi connectivity index (χ1n) is 13.5. The molecule has 38 heavy (non-hydrogen) atoms. The topological polar surface area (TPSA) is 135 Å². The van der Waals surface area contributed by atoms with Crippen molar-refractivity contribution in [2.45, 2.75) is 70.0 Å². The zero-order valence-corrected chi connectivity index (χ0v) is 22.2. The largest absolute Gasteiger partial charge is 0.339 e. The number of rotatable bonds is 3. The summed E-state index contributed by atoms with van der Waals surface area (Å²) < 4.78 is 1.70. The van der Waals surface area contributed by atoms with Crippen LogP contribution in [0.2, 0.25) is 0 Å². The highest BCUT2D eigenvalue weighted by atomic mass is 32.1. The van der Waals surface area contributed by atoms with Gasteiger partial charge in [0, 0.05) is 29.9 Å². The lowest BCUT2D eigenvalue weighted by Gasteiger charge is -2.39. The van der Waals surface area contributed by atoms with Crippen LogP contribution >= 0.6 is 11.3 Å². The van der Waals surface area contributed by atoms with Crippen LogP contribution in [0, 0.1) is 12.8 Å². The molecular weight excluding hydrogens is 502 g/mol. The van der Waals surface area contributed by atoms with Gasteiger partial charge in [0.1, 0.15) is 34.0 Å². The van der Waals surface area contributed by atoms with Gasteiger partial charge in [-0.1, -0.05) is 6.42 Å². The van der Waals surface area contributed by atoms with Gasteiger partial charge in [0.05, 0.1) is 5.39 Å². The molecule has 1 spiro atoms. The van der Waals surface area contributed by atoms with E-state index in [-0.39, 0.29) is 29.3 Å². The number of aromatic nitrogens is 3. The smallest absolute Gasteiger partial charge is 0.276 e. The van der Waals surface area contributed by atoms with Crippen LogP contribution in [0.25, 0.3) is 10.2 Å². The molecule has 7 rings (SSSR count). The molecule has 4 N–H and O–H groups in total. The quantitative estimate of drug-likeness (QED) is 0.471. The number of thiophene rings is 1. The summed E-state index contributed by atoms with van der Waals surface area (Å²) in [7, 11) is 0. The minimum Gasteiger partial charge on any atom is -0.339 e. The van der Waals surface area contributed by atoms with Gasteiger partial charge < -0.3 is 21.3 Å². The van der Waals surface area contributed by atoms with Gasteiger partial charge in [0.2, 0.25) is 5.91 Å². The minimum atomic E-state index is -0.644. The molecule has 198 valence electrons. The average Bonchev–Trinajstić information content (AvgIpc) is 3.40. The molecule has 1 atom stereocenters. The van der Waals surface area contributed by atoms with Crippen molar-refractivity contribution >= 4 is 44.9 Å². The van der Waals surface area contributed by atoms with Crippen molar-refractivity contribution in [3.8, 4) is 0 Å². The van der Waals surface area contributed by atoms with E-state index in [1.165, 1.54) is 6.33 Å². The molecule has 1 saturated heterocycles. The number of anilines is 2. The summed E-state index contributed by atoms with van der Waals surface area (Å²) in [4.78, 5) is 52.6. The van der Waals surface area contributed by atoms with Crippen LogP contribution in [-0.4, -0.2) is 50.4 Å². The van der Waals surface area contributed by atoms with Crippen molar-refractivity contribution < 1.29 is 9.59 Å². The summed E-state index contributed by atoms with van der Waals surface area (Å²) in [6.07, 6.45) is 8.32. The minimum absolute atomic E-state index is 0.0341. The highest BCUT2D eigenvalue weighted by Crippen LogP contribution is 2.42. The second-order valence-electron chi connectivity index (χ2n) is 11.3. The van der Waals surface area contributed by atoms with Crippen molar-refractivity contribution in [1.82, 2.24) is 24.8 Å². The van der Waals surface area contributed by atoms with Crippen molar-refractivity contribution in [3.63, 3.8) is 0 Å². The Kier molecular flexibility index (Phi) is 5.38. The number of fused-ring (bicyclic) bond motifs is 5. The zero-order chi connectivity index (χ0) is 26.2. The molecule has 0 aromatic carbocycles. The average molecular weight is 534 g/mol. The van der Waals surface area contributed by atoms with Gasteiger partial charge in [-0.15, -0.1) is 11.3 Å². The van der Waals surface area contributed by atoms with Crippen LogP contribution in [0.15, 0.2) is 17.2 Å². The molecule has 2 aliphatic carbocycles. The summed E-state index contributed by atoms with van der Waals surface area (Å²) in [6, 6.07) is 1.86. The molecule has 0 radical (unpaired) electrons.